The molecule has 1 aliphatic rings. The molecule has 1 heterocycles. The van der Waals surface area contributed by atoms with E-state index in [1.54, 1.807) is 0 Å². The average Bonchev–Trinajstić information content (AvgIpc) is 2.49. The van der Waals surface area contributed by atoms with E-state index < -0.39 is 16.6 Å². The van der Waals surface area contributed by atoms with Crippen molar-refractivity contribution in [2.75, 3.05) is 19.7 Å². The Morgan fingerprint density at radius 3 is 2.62 bits per heavy atom. The molecule has 1 aromatic rings. The third-order valence-corrected chi connectivity index (χ3v) is 3.84. The predicted molar refractivity (Wildman–Crippen MR) is 73.5 cm³/mol. The van der Waals surface area contributed by atoms with Crippen LogP contribution in [0.5, 0.6) is 0 Å². The fourth-order valence-corrected chi connectivity index (χ4v) is 2.50. The normalized spacial score (nSPS) is 16.0. The fraction of sp³-hybridized carbons (Fsp3) is 0.500. The number of aliphatic hydroxyl groups excluding tert-OH is 1. The molecule has 1 saturated heterocycles. The molecule has 0 radical (unpaired) electrons. The summed E-state index contributed by atoms with van der Waals surface area (Å²) < 4.78 is 14.1. The van der Waals surface area contributed by atoms with Gasteiger partial charge in [-0.15, -0.1) is 0 Å². The highest BCUT2D eigenvalue weighted by atomic mass is 19.1. The van der Waals surface area contributed by atoms with E-state index in [4.69, 9.17) is 5.11 Å². The topological polar surface area (TPSA) is 83.7 Å². The van der Waals surface area contributed by atoms with Crippen LogP contribution in [0.4, 0.5) is 10.1 Å². The number of carbonyl (C=O) groups is 1. The number of nitro benzene ring substituents is 1. The molecule has 1 aliphatic heterocycles. The third kappa shape index (κ3) is 3.18. The van der Waals surface area contributed by atoms with Crippen LogP contribution in [0, 0.1) is 28.8 Å². The van der Waals surface area contributed by atoms with Crippen LogP contribution in [-0.2, 0) is 0 Å². The van der Waals surface area contributed by atoms with Crippen molar-refractivity contribution >= 4 is 11.6 Å². The number of nitro groups is 1. The van der Waals surface area contributed by atoms with E-state index in [9.17, 15) is 19.3 Å². The molecule has 21 heavy (non-hydrogen) atoms. The first-order chi connectivity index (χ1) is 9.93. The van der Waals surface area contributed by atoms with Gasteiger partial charge in [0.1, 0.15) is 5.82 Å². The average molecular weight is 296 g/mol. The molecule has 0 aromatic heterocycles. The van der Waals surface area contributed by atoms with Crippen LogP contribution in [0.2, 0.25) is 0 Å². The van der Waals surface area contributed by atoms with Crippen LogP contribution in [0.3, 0.4) is 0 Å². The molecule has 0 bridgehead atoms. The SMILES string of the molecule is Cc1cc([N+](=O)[O-])cc(C(=O)N2CCC(CO)CC2)c1F. The molecule has 114 valence electrons. The molecule has 1 fully saturated rings. The first kappa shape index (κ1) is 15.4. The van der Waals surface area contributed by atoms with Crippen LogP contribution in [0.15, 0.2) is 12.1 Å². The molecule has 0 spiro atoms. The number of carbonyl (C=O) groups excluding carboxylic acids is 1. The standard InChI is InChI=1S/C14H17FN2O4/c1-9-6-11(17(20)21)7-12(13(9)15)14(19)16-4-2-10(8-18)3-5-16/h6-7,10,18H,2-5,8H2,1H3. The van der Waals surface area contributed by atoms with E-state index in [-0.39, 0.29) is 29.3 Å². The maximum absolute atomic E-state index is 14.1. The number of hydrogen-bond acceptors (Lipinski definition) is 4. The summed E-state index contributed by atoms with van der Waals surface area (Å²) in [6.45, 7) is 2.32. The van der Waals surface area contributed by atoms with E-state index in [2.05, 4.69) is 0 Å². The van der Waals surface area contributed by atoms with Gasteiger partial charge in [-0.25, -0.2) is 4.39 Å². The van der Waals surface area contributed by atoms with Crippen LogP contribution < -0.4 is 0 Å². The number of amides is 1. The van der Waals surface area contributed by atoms with Crippen molar-refractivity contribution in [3.05, 3.63) is 39.2 Å². The highest BCUT2D eigenvalue weighted by Gasteiger charge is 2.27. The van der Waals surface area contributed by atoms with Gasteiger partial charge in [-0.3, -0.25) is 14.9 Å². The monoisotopic (exact) mass is 296 g/mol. The fourth-order valence-electron chi connectivity index (χ4n) is 2.50. The lowest BCUT2D eigenvalue weighted by atomic mass is 9.97. The number of benzene rings is 1. The summed E-state index contributed by atoms with van der Waals surface area (Å²) in [4.78, 5) is 24.0. The molecule has 1 amide bonds. The molecule has 1 aromatic carbocycles. The lowest BCUT2D eigenvalue weighted by molar-refractivity contribution is -0.385. The molecule has 7 heteroatoms. The molecular weight excluding hydrogens is 279 g/mol. The largest absolute Gasteiger partial charge is 0.396 e. The van der Waals surface area contributed by atoms with Crippen LogP contribution >= 0.6 is 0 Å². The molecule has 0 atom stereocenters. The van der Waals surface area contributed by atoms with E-state index in [1.807, 2.05) is 0 Å². The van der Waals surface area contributed by atoms with Crippen LogP contribution in [0.25, 0.3) is 0 Å². The van der Waals surface area contributed by atoms with Crippen molar-refractivity contribution in [3.63, 3.8) is 0 Å². The summed E-state index contributed by atoms with van der Waals surface area (Å²) in [6.07, 6.45) is 1.30. The van der Waals surface area contributed by atoms with Gasteiger partial charge in [-0.1, -0.05) is 0 Å². The van der Waals surface area contributed by atoms with E-state index >= 15 is 0 Å². The van der Waals surface area contributed by atoms with Gasteiger partial charge < -0.3 is 10.0 Å². The number of rotatable bonds is 3. The van der Waals surface area contributed by atoms with Crippen LogP contribution in [0.1, 0.15) is 28.8 Å². The number of halogens is 1. The maximum atomic E-state index is 14.1. The smallest absolute Gasteiger partial charge is 0.270 e. The quantitative estimate of drug-likeness (QED) is 0.682. The number of aliphatic hydroxyl groups is 1. The second kappa shape index (κ2) is 6.17. The zero-order chi connectivity index (χ0) is 15.6. The minimum Gasteiger partial charge on any atom is -0.396 e. The van der Waals surface area contributed by atoms with Crippen molar-refractivity contribution in [1.82, 2.24) is 4.90 Å². The summed E-state index contributed by atoms with van der Waals surface area (Å²) in [7, 11) is 0. The highest BCUT2D eigenvalue weighted by Crippen LogP contribution is 2.24. The summed E-state index contributed by atoms with van der Waals surface area (Å²) in [6, 6.07) is 2.10. The van der Waals surface area contributed by atoms with Gasteiger partial charge in [-0.05, 0) is 31.2 Å². The number of hydrogen-bond donors (Lipinski definition) is 1. The first-order valence-electron chi connectivity index (χ1n) is 6.78. The molecular formula is C14H17FN2O4. The minimum atomic E-state index is -0.713. The third-order valence-electron chi connectivity index (χ3n) is 3.84. The number of piperidine rings is 1. The predicted octanol–water partition coefficient (Wildman–Crippen LogP) is 1.89. The number of non-ortho nitro benzene ring substituents is 1. The summed E-state index contributed by atoms with van der Waals surface area (Å²) in [5, 5.41) is 19.9. The van der Waals surface area contributed by atoms with Gasteiger partial charge in [-0.2, -0.15) is 0 Å². The molecule has 2 rings (SSSR count). The number of aryl methyl sites for hydroxylation is 1. The van der Waals surface area contributed by atoms with Crippen molar-refractivity contribution in [1.29, 1.82) is 0 Å². The second-order valence-electron chi connectivity index (χ2n) is 5.30. The van der Waals surface area contributed by atoms with E-state index in [0.717, 1.165) is 12.1 Å². The number of nitrogens with zero attached hydrogens (tertiary/aromatic N) is 2. The Morgan fingerprint density at radius 2 is 2.10 bits per heavy atom. The summed E-state index contributed by atoms with van der Waals surface area (Å²) in [5.41, 5.74) is -0.468. The summed E-state index contributed by atoms with van der Waals surface area (Å²) >= 11 is 0. The second-order valence-corrected chi connectivity index (χ2v) is 5.30. The molecule has 0 aliphatic carbocycles. The first-order valence-corrected chi connectivity index (χ1v) is 6.78. The Labute approximate surface area is 121 Å². The Hall–Kier alpha value is -2.02. The number of likely N-dealkylation sites (tertiary alicyclic amines) is 1. The lowest BCUT2D eigenvalue weighted by Crippen LogP contribution is -2.39. The van der Waals surface area contributed by atoms with E-state index in [0.29, 0.717) is 25.9 Å². The lowest BCUT2D eigenvalue weighted by Gasteiger charge is -2.31. The van der Waals surface area contributed by atoms with Crippen molar-refractivity contribution < 1.29 is 19.2 Å². The maximum Gasteiger partial charge on any atom is 0.270 e. The van der Waals surface area contributed by atoms with Crippen molar-refractivity contribution in [2.24, 2.45) is 5.92 Å². The molecule has 1 N–H and O–H groups in total. The molecule has 0 saturated carbocycles. The van der Waals surface area contributed by atoms with Gasteiger partial charge in [0.2, 0.25) is 0 Å². The minimum absolute atomic E-state index is 0.0757. The Morgan fingerprint density at radius 1 is 1.48 bits per heavy atom. The van der Waals surface area contributed by atoms with Crippen molar-refractivity contribution in [3.8, 4) is 0 Å². The van der Waals surface area contributed by atoms with Gasteiger partial charge in [0.15, 0.2) is 0 Å². The zero-order valence-corrected chi connectivity index (χ0v) is 11.7. The Kier molecular flexibility index (Phi) is 4.52. The van der Waals surface area contributed by atoms with Crippen molar-refractivity contribution in [2.45, 2.75) is 19.8 Å². The van der Waals surface area contributed by atoms with Gasteiger partial charge in [0, 0.05) is 31.8 Å². The molecule has 6 nitrogen and oxygen atoms in total. The van der Waals surface area contributed by atoms with Gasteiger partial charge in [0.25, 0.3) is 11.6 Å². The Balaban J connectivity index is 2.25. The Bertz CT molecular complexity index is 568. The van der Waals surface area contributed by atoms with Crippen LogP contribution in [-0.4, -0.2) is 40.5 Å². The van der Waals surface area contributed by atoms with Gasteiger partial charge in [0.05, 0.1) is 10.5 Å². The summed E-state index contributed by atoms with van der Waals surface area (Å²) in [5.74, 6) is -1.09. The van der Waals surface area contributed by atoms with Gasteiger partial charge >= 0.3 is 0 Å². The van der Waals surface area contributed by atoms with E-state index in [1.165, 1.54) is 11.8 Å². The molecule has 0 unspecified atom stereocenters. The highest BCUT2D eigenvalue weighted by molar-refractivity contribution is 5.95. The zero-order valence-electron chi connectivity index (χ0n) is 11.7.